The molecule has 0 aromatic rings. The fraction of sp³-hybridized carbons (Fsp3) is 0.846. The molecule has 5 fully saturated rings. The summed E-state index contributed by atoms with van der Waals surface area (Å²) in [6.45, 7) is 10.3. The van der Waals surface area contributed by atoms with Crippen LogP contribution in [0.2, 0.25) is 0 Å². The first kappa shape index (κ1) is 25.8. The number of carbonyl (C=O) groups is 2. The Labute approximate surface area is 213 Å². The van der Waals surface area contributed by atoms with Crippen molar-refractivity contribution in [3.63, 3.8) is 0 Å². The number of methoxy groups -OCH3 is 1. The number of likely N-dealkylation sites (tertiary alicyclic amines) is 2. The number of ether oxygens (including phenoxy) is 5. The van der Waals surface area contributed by atoms with E-state index in [4.69, 9.17) is 23.7 Å². The second-order valence-electron chi connectivity index (χ2n) is 11.6. The minimum Gasteiger partial charge on any atom is -0.443 e. The highest BCUT2D eigenvalue weighted by molar-refractivity contribution is 5.68. The molecule has 4 saturated heterocycles. The van der Waals surface area contributed by atoms with E-state index in [2.05, 4.69) is 37.1 Å². The molecule has 5 rings (SSSR count). The van der Waals surface area contributed by atoms with Gasteiger partial charge >= 0.3 is 12.2 Å². The lowest BCUT2D eigenvalue weighted by Crippen LogP contribution is -2.56. The molecule has 0 aromatic carbocycles. The Bertz CT molecular complexity index is 875. The predicted octanol–water partition coefficient (Wildman–Crippen LogP) is 2.38. The molecule has 202 valence electrons. The lowest BCUT2D eigenvalue weighted by atomic mass is 9.68. The molecule has 36 heavy (non-hydrogen) atoms. The fourth-order valence-electron chi connectivity index (χ4n) is 6.84. The standard InChI is InChI=1S/C26H41N3O7/c1-16(2)6-7-20-25(3,36-20)22-21(32-5)19(8-9-26(22)14-34-26)35-24(31)29-12-17-10-28(11-18(17)13-29)15-33-23(30)27-4/h6,17-22H,7-15H2,1-5H3,(H,27,30)/t17-,18+,19-,20-,21-,22-,25+,26+/m1/s1. The van der Waals surface area contributed by atoms with Gasteiger partial charge in [0.1, 0.15) is 30.1 Å². The van der Waals surface area contributed by atoms with Crippen LogP contribution >= 0.6 is 0 Å². The Morgan fingerprint density at radius 2 is 1.86 bits per heavy atom. The van der Waals surface area contributed by atoms with E-state index in [1.165, 1.54) is 5.57 Å². The molecule has 5 aliphatic rings. The number of epoxide rings is 2. The van der Waals surface area contributed by atoms with Crippen LogP contribution in [0.3, 0.4) is 0 Å². The SMILES string of the molecule is CNC(=O)OCN1C[C@@H]2CN(C(=O)O[C@@H]3CC[C@]4(CO4)[C@@H]([C@@]4(C)O[C@@H]4CC=C(C)C)[C@@H]3OC)C[C@@H]2C1. The van der Waals surface area contributed by atoms with Crippen LogP contribution in [0.15, 0.2) is 11.6 Å². The van der Waals surface area contributed by atoms with Crippen LogP contribution in [-0.2, 0) is 23.7 Å². The van der Waals surface area contributed by atoms with Crippen molar-refractivity contribution >= 4 is 12.2 Å². The van der Waals surface area contributed by atoms with Crippen LogP contribution in [0.5, 0.6) is 0 Å². The molecule has 8 atom stereocenters. The minimum atomic E-state index is -0.428. The van der Waals surface area contributed by atoms with Gasteiger partial charge in [0.15, 0.2) is 0 Å². The Hall–Kier alpha value is -1.88. The van der Waals surface area contributed by atoms with E-state index in [9.17, 15) is 9.59 Å². The van der Waals surface area contributed by atoms with Gasteiger partial charge in [-0.3, -0.25) is 4.90 Å². The van der Waals surface area contributed by atoms with E-state index in [-0.39, 0.29) is 48.3 Å². The summed E-state index contributed by atoms with van der Waals surface area (Å²) in [5, 5.41) is 2.46. The molecule has 10 nitrogen and oxygen atoms in total. The number of rotatable bonds is 7. The van der Waals surface area contributed by atoms with Crippen molar-refractivity contribution in [2.24, 2.45) is 17.8 Å². The summed E-state index contributed by atoms with van der Waals surface area (Å²) in [7, 11) is 3.25. The highest BCUT2D eigenvalue weighted by Gasteiger charge is 2.72. The quantitative estimate of drug-likeness (QED) is 0.414. The van der Waals surface area contributed by atoms with E-state index in [1.807, 2.05) is 4.90 Å². The van der Waals surface area contributed by atoms with Gasteiger partial charge in [-0.25, -0.2) is 9.59 Å². The maximum absolute atomic E-state index is 13.2. The third-order valence-corrected chi connectivity index (χ3v) is 8.89. The summed E-state index contributed by atoms with van der Waals surface area (Å²) in [6.07, 6.45) is 3.48. The van der Waals surface area contributed by atoms with Crippen LogP contribution < -0.4 is 5.32 Å². The highest BCUT2D eigenvalue weighted by atomic mass is 16.6. The number of nitrogens with one attached hydrogen (secondary N) is 1. The van der Waals surface area contributed by atoms with Gasteiger partial charge in [-0.15, -0.1) is 0 Å². The van der Waals surface area contributed by atoms with Crippen molar-refractivity contribution in [2.45, 2.75) is 69.5 Å². The van der Waals surface area contributed by atoms with Crippen LogP contribution in [0.1, 0.15) is 40.0 Å². The number of alkyl carbamates (subject to hydrolysis) is 1. The van der Waals surface area contributed by atoms with Crippen molar-refractivity contribution in [1.29, 1.82) is 0 Å². The molecule has 4 heterocycles. The molecule has 2 amide bonds. The lowest BCUT2D eigenvalue weighted by molar-refractivity contribution is -0.121. The molecule has 0 unspecified atom stereocenters. The van der Waals surface area contributed by atoms with Crippen LogP contribution in [-0.4, -0.2) is 105 Å². The molecular weight excluding hydrogens is 466 g/mol. The molecule has 0 aromatic heterocycles. The van der Waals surface area contributed by atoms with E-state index in [1.54, 1.807) is 14.2 Å². The monoisotopic (exact) mass is 507 g/mol. The molecule has 4 aliphatic heterocycles. The summed E-state index contributed by atoms with van der Waals surface area (Å²) in [5.74, 6) is 0.741. The van der Waals surface area contributed by atoms with Crippen molar-refractivity contribution in [1.82, 2.24) is 15.1 Å². The van der Waals surface area contributed by atoms with Gasteiger partial charge in [-0.1, -0.05) is 11.6 Å². The van der Waals surface area contributed by atoms with E-state index in [0.29, 0.717) is 31.5 Å². The smallest absolute Gasteiger partial charge is 0.410 e. The normalized spacial score (nSPS) is 41.1. The van der Waals surface area contributed by atoms with Gasteiger partial charge in [-0.2, -0.15) is 0 Å². The third-order valence-electron chi connectivity index (χ3n) is 8.89. The molecule has 10 heteroatoms. The first-order valence-electron chi connectivity index (χ1n) is 13.2. The largest absolute Gasteiger partial charge is 0.443 e. The third kappa shape index (κ3) is 4.85. The van der Waals surface area contributed by atoms with Crippen LogP contribution in [0.4, 0.5) is 9.59 Å². The lowest BCUT2D eigenvalue weighted by Gasteiger charge is -2.43. The maximum atomic E-state index is 13.2. The zero-order valence-electron chi connectivity index (χ0n) is 22.2. The van der Waals surface area contributed by atoms with Gasteiger partial charge in [0.05, 0.1) is 18.6 Å². The maximum Gasteiger partial charge on any atom is 0.410 e. The number of hydrogen-bond donors (Lipinski definition) is 1. The Morgan fingerprint density at radius 3 is 2.44 bits per heavy atom. The number of hydrogen-bond acceptors (Lipinski definition) is 8. The average molecular weight is 508 g/mol. The van der Waals surface area contributed by atoms with Gasteiger partial charge in [0, 0.05) is 40.3 Å². The van der Waals surface area contributed by atoms with Crippen molar-refractivity contribution in [3.05, 3.63) is 11.6 Å². The Morgan fingerprint density at radius 1 is 1.17 bits per heavy atom. The van der Waals surface area contributed by atoms with Gasteiger partial charge in [0.25, 0.3) is 0 Å². The second-order valence-corrected chi connectivity index (χ2v) is 11.6. The summed E-state index contributed by atoms with van der Waals surface area (Å²) in [5.41, 5.74) is 0.698. The number of amides is 2. The summed E-state index contributed by atoms with van der Waals surface area (Å²) in [6, 6.07) is 0. The van der Waals surface area contributed by atoms with E-state index >= 15 is 0 Å². The minimum absolute atomic E-state index is 0.0175. The van der Waals surface area contributed by atoms with Crippen molar-refractivity contribution < 1.29 is 33.3 Å². The molecular formula is C26H41N3O7. The fourth-order valence-corrected chi connectivity index (χ4v) is 6.84. The molecule has 1 saturated carbocycles. The highest BCUT2D eigenvalue weighted by Crippen LogP contribution is 2.59. The number of carbonyl (C=O) groups excluding carboxylic acids is 2. The summed E-state index contributed by atoms with van der Waals surface area (Å²) < 4.78 is 29.6. The molecule has 1 aliphatic carbocycles. The van der Waals surface area contributed by atoms with Gasteiger partial charge in [-0.05, 0) is 51.9 Å². The number of allylic oxidation sites excluding steroid dienone is 1. The molecule has 0 radical (unpaired) electrons. The first-order chi connectivity index (χ1) is 17.2. The predicted molar refractivity (Wildman–Crippen MR) is 130 cm³/mol. The van der Waals surface area contributed by atoms with Crippen molar-refractivity contribution in [3.8, 4) is 0 Å². The summed E-state index contributed by atoms with van der Waals surface area (Å²) in [4.78, 5) is 28.5. The average Bonchev–Trinajstić information content (AvgIpc) is 3.65. The Kier molecular flexibility index (Phi) is 6.99. The van der Waals surface area contributed by atoms with Crippen molar-refractivity contribution in [2.75, 3.05) is 53.7 Å². The zero-order valence-corrected chi connectivity index (χ0v) is 22.2. The number of nitrogens with zero attached hydrogens (tertiary/aromatic N) is 2. The van der Waals surface area contributed by atoms with Gasteiger partial charge < -0.3 is 33.9 Å². The zero-order chi connectivity index (χ0) is 25.7. The topological polar surface area (TPSA) is 105 Å². The van der Waals surface area contributed by atoms with Gasteiger partial charge in [0.2, 0.25) is 0 Å². The molecule has 1 N–H and O–H groups in total. The van der Waals surface area contributed by atoms with Crippen LogP contribution in [0, 0.1) is 17.8 Å². The first-order valence-corrected chi connectivity index (χ1v) is 13.2. The Balaban J connectivity index is 1.17. The van der Waals surface area contributed by atoms with E-state index < -0.39 is 6.09 Å². The van der Waals surface area contributed by atoms with E-state index in [0.717, 1.165) is 32.4 Å². The van der Waals surface area contributed by atoms with Crippen LogP contribution in [0.25, 0.3) is 0 Å². The second kappa shape index (κ2) is 9.78. The number of fused-ring (bicyclic) bond motifs is 1. The summed E-state index contributed by atoms with van der Waals surface area (Å²) >= 11 is 0. The molecule has 1 spiro atoms. The molecule has 0 bridgehead atoms.